The molecule has 0 aliphatic carbocycles. The summed E-state index contributed by atoms with van der Waals surface area (Å²) in [7, 11) is 0. The highest BCUT2D eigenvalue weighted by Gasteiger charge is 1.83. The predicted molar refractivity (Wildman–Crippen MR) is 50.4 cm³/mol. The third-order valence-corrected chi connectivity index (χ3v) is 1.46. The summed E-state index contributed by atoms with van der Waals surface area (Å²) in [5, 5.41) is 0. The van der Waals surface area contributed by atoms with Gasteiger partial charge in [0.05, 0.1) is 0 Å². The highest BCUT2D eigenvalue weighted by Crippen LogP contribution is 2.03. The van der Waals surface area contributed by atoms with Gasteiger partial charge in [0.25, 0.3) is 0 Å². The van der Waals surface area contributed by atoms with Crippen molar-refractivity contribution in [3.05, 3.63) is 0 Å². The lowest BCUT2D eigenvalue weighted by molar-refractivity contribution is 0.624. The van der Waals surface area contributed by atoms with E-state index in [-0.39, 0.29) is 11.0 Å². The molecule has 0 nitrogen and oxygen atoms in total. The molecule has 0 bridgehead atoms. The number of rotatable bonds is 5. The molecule has 0 fully saturated rings. The van der Waals surface area contributed by atoms with Crippen molar-refractivity contribution < 1.29 is 0 Å². The van der Waals surface area contributed by atoms with E-state index in [1.807, 2.05) is 0 Å². The minimum atomic E-state index is 0. The zero-order valence-electron chi connectivity index (χ0n) is 6.24. The average molecular weight is 146 g/mol. The smallest absolute Gasteiger partial charge is 0.0149 e. The third-order valence-electron chi connectivity index (χ3n) is 1.46. The van der Waals surface area contributed by atoms with Crippen molar-refractivity contribution in [1.29, 1.82) is 0 Å². The zero-order chi connectivity index (χ0) is 6.24. The van der Waals surface area contributed by atoms with Crippen molar-refractivity contribution in [2.24, 2.45) is 0 Å². The summed E-state index contributed by atoms with van der Waals surface area (Å²) >= 11 is 0. The Kier molecular flexibility index (Phi) is 14.7. The maximum Gasteiger partial charge on any atom is -0.0149 e. The van der Waals surface area contributed by atoms with Crippen molar-refractivity contribution in [3.63, 3.8) is 0 Å². The molecule has 58 valence electrons. The predicted octanol–water partition coefficient (Wildman–Crippen LogP) is 1.92. The highest BCUT2D eigenvalue weighted by molar-refractivity contribution is 5.75. The van der Waals surface area contributed by atoms with Crippen molar-refractivity contribution in [2.75, 3.05) is 0 Å². The van der Waals surface area contributed by atoms with Gasteiger partial charge in [-0.15, -0.1) is 0 Å². The van der Waals surface area contributed by atoms with Crippen LogP contribution in [0.1, 0.15) is 52.4 Å². The summed E-state index contributed by atoms with van der Waals surface area (Å²) in [5.41, 5.74) is 0. The summed E-state index contributed by atoms with van der Waals surface area (Å²) in [6.07, 6.45) is 8.49. The molecule has 0 N–H and O–H groups in total. The SMILES string of the molecule is CCCCCCCC.[SiH4]. The molecule has 0 aromatic heterocycles. The summed E-state index contributed by atoms with van der Waals surface area (Å²) in [5.74, 6) is 0. The third kappa shape index (κ3) is 11.7. The minimum absolute atomic E-state index is 0. The molecule has 0 spiro atoms. The fraction of sp³-hybridized carbons (Fsp3) is 1.00. The molecule has 9 heavy (non-hydrogen) atoms. The average Bonchev–Trinajstić information content (AvgIpc) is 1.81. The molecule has 0 aliphatic rings. The van der Waals surface area contributed by atoms with Crippen LogP contribution in [0.25, 0.3) is 0 Å². The lowest BCUT2D eigenvalue weighted by Gasteiger charge is -1.93. The second kappa shape index (κ2) is 11.1. The van der Waals surface area contributed by atoms with Crippen LogP contribution in [-0.2, 0) is 0 Å². The van der Waals surface area contributed by atoms with Crippen molar-refractivity contribution in [3.8, 4) is 0 Å². The Morgan fingerprint density at radius 3 is 1.22 bits per heavy atom. The molecule has 0 saturated carbocycles. The van der Waals surface area contributed by atoms with E-state index in [4.69, 9.17) is 0 Å². The monoisotopic (exact) mass is 146 g/mol. The van der Waals surface area contributed by atoms with Gasteiger partial charge < -0.3 is 0 Å². The van der Waals surface area contributed by atoms with Gasteiger partial charge in [-0.05, 0) is 11.0 Å². The normalized spacial score (nSPS) is 8.67. The van der Waals surface area contributed by atoms with Gasteiger partial charge in [-0.1, -0.05) is 52.4 Å². The molecular formula is C8H22Si. The zero-order valence-corrected chi connectivity index (χ0v) is 6.24. The van der Waals surface area contributed by atoms with E-state index in [1.165, 1.54) is 38.5 Å². The summed E-state index contributed by atoms with van der Waals surface area (Å²) in [6, 6.07) is 0. The van der Waals surface area contributed by atoms with E-state index in [9.17, 15) is 0 Å². The van der Waals surface area contributed by atoms with E-state index in [2.05, 4.69) is 13.8 Å². The van der Waals surface area contributed by atoms with Gasteiger partial charge in [0.2, 0.25) is 0 Å². The maximum atomic E-state index is 2.26. The van der Waals surface area contributed by atoms with Crippen LogP contribution in [0.2, 0.25) is 0 Å². The standard InChI is InChI=1S/C8H18.H4Si/c1-3-5-7-8-6-4-2;/h3-8H2,1-2H3;1H4. The van der Waals surface area contributed by atoms with Crippen molar-refractivity contribution in [2.45, 2.75) is 52.4 Å². The molecule has 0 amide bonds. The molecule has 0 heterocycles. The Labute approximate surface area is 64.1 Å². The lowest BCUT2D eigenvalue weighted by atomic mass is 10.1. The quantitative estimate of drug-likeness (QED) is 0.411. The first-order valence-corrected chi connectivity index (χ1v) is 3.91. The molecule has 0 atom stereocenters. The lowest BCUT2D eigenvalue weighted by Crippen LogP contribution is -1.73. The van der Waals surface area contributed by atoms with Crippen LogP contribution in [0.5, 0.6) is 0 Å². The topological polar surface area (TPSA) is 0 Å². The Balaban J connectivity index is 0. The molecular weight excluding hydrogens is 124 g/mol. The van der Waals surface area contributed by atoms with E-state index in [0.29, 0.717) is 0 Å². The molecule has 0 unspecified atom stereocenters. The van der Waals surface area contributed by atoms with Gasteiger partial charge in [-0.3, -0.25) is 0 Å². The fourth-order valence-electron chi connectivity index (χ4n) is 0.854. The molecule has 1 heteroatoms. The maximum absolute atomic E-state index is 2.26. The second-order valence-electron chi connectivity index (χ2n) is 2.41. The van der Waals surface area contributed by atoms with Crippen LogP contribution in [0.3, 0.4) is 0 Å². The first-order chi connectivity index (χ1) is 3.91. The Hall–Kier alpha value is 0.217. The van der Waals surface area contributed by atoms with Crippen molar-refractivity contribution >= 4 is 11.0 Å². The fourth-order valence-corrected chi connectivity index (χ4v) is 0.854. The summed E-state index contributed by atoms with van der Waals surface area (Å²) in [6.45, 7) is 4.51. The Morgan fingerprint density at radius 1 is 0.667 bits per heavy atom. The second-order valence-corrected chi connectivity index (χ2v) is 2.41. The molecule has 0 rings (SSSR count). The number of hydrogen-bond donors (Lipinski definition) is 0. The Bertz CT molecular complexity index is 29.5. The molecule has 0 aromatic carbocycles. The summed E-state index contributed by atoms with van der Waals surface area (Å²) in [4.78, 5) is 0. The first-order valence-electron chi connectivity index (χ1n) is 3.91. The van der Waals surface area contributed by atoms with Gasteiger partial charge >= 0.3 is 0 Å². The van der Waals surface area contributed by atoms with Crippen LogP contribution >= 0.6 is 0 Å². The van der Waals surface area contributed by atoms with Crippen LogP contribution in [-0.4, -0.2) is 11.0 Å². The molecule has 0 aliphatic heterocycles. The molecule has 0 aromatic rings. The molecule has 0 saturated heterocycles. The van der Waals surface area contributed by atoms with Gasteiger partial charge in [0, 0.05) is 0 Å². The van der Waals surface area contributed by atoms with E-state index in [0.717, 1.165) is 0 Å². The van der Waals surface area contributed by atoms with E-state index < -0.39 is 0 Å². The van der Waals surface area contributed by atoms with E-state index in [1.54, 1.807) is 0 Å². The van der Waals surface area contributed by atoms with Gasteiger partial charge in [0.1, 0.15) is 0 Å². The minimum Gasteiger partial charge on any atom is -0.0654 e. The Morgan fingerprint density at radius 2 is 1.00 bits per heavy atom. The number of unbranched alkanes of at least 4 members (excludes halogenated alkanes) is 5. The van der Waals surface area contributed by atoms with Gasteiger partial charge in [0.15, 0.2) is 0 Å². The number of hydrogen-bond acceptors (Lipinski definition) is 0. The van der Waals surface area contributed by atoms with E-state index >= 15 is 0 Å². The highest BCUT2D eigenvalue weighted by atomic mass is 28.1. The van der Waals surface area contributed by atoms with Crippen LogP contribution in [0, 0.1) is 0 Å². The van der Waals surface area contributed by atoms with Crippen LogP contribution in [0.15, 0.2) is 0 Å². The van der Waals surface area contributed by atoms with Gasteiger partial charge in [-0.25, -0.2) is 0 Å². The first kappa shape index (κ1) is 11.9. The molecule has 0 radical (unpaired) electrons. The van der Waals surface area contributed by atoms with Crippen LogP contribution in [0.4, 0.5) is 0 Å². The van der Waals surface area contributed by atoms with Crippen LogP contribution < -0.4 is 0 Å². The summed E-state index contributed by atoms with van der Waals surface area (Å²) < 4.78 is 0. The largest absolute Gasteiger partial charge is 0.0654 e. The van der Waals surface area contributed by atoms with Gasteiger partial charge in [-0.2, -0.15) is 0 Å². The van der Waals surface area contributed by atoms with Crippen molar-refractivity contribution in [1.82, 2.24) is 0 Å².